The molecule has 156 valence electrons. The number of likely N-dealkylation sites (tertiary alicyclic amines) is 1. The van der Waals surface area contributed by atoms with Gasteiger partial charge in [0.1, 0.15) is 0 Å². The lowest BCUT2D eigenvalue weighted by atomic mass is 10.1. The molecule has 3 amide bonds. The fraction of sp³-hybridized carbons (Fsp3) is 0.500. The lowest BCUT2D eigenvalue weighted by molar-refractivity contribution is -0.129. The summed E-state index contributed by atoms with van der Waals surface area (Å²) in [6.07, 6.45) is -0.607. The van der Waals surface area contributed by atoms with Gasteiger partial charge in [0.15, 0.2) is 5.69 Å². The van der Waals surface area contributed by atoms with Crippen LogP contribution < -0.4 is 5.32 Å². The molecule has 0 unspecified atom stereocenters. The van der Waals surface area contributed by atoms with Crippen molar-refractivity contribution in [2.24, 2.45) is 0 Å². The number of hydrogen-bond donors (Lipinski definition) is 2. The number of hydrogen-bond acceptors (Lipinski definition) is 4. The van der Waals surface area contributed by atoms with Gasteiger partial charge in [-0.25, -0.2) is 4.79 Å². The molecule has 3 rings (SSSR count). The molecule has 0 aliphatic carbocycles. The molecule has 2 heterocycles. The Morgan fingerprint density at radius 2 is 1.97 bits per heavy atom. The van der Waals surface area contributed by atoms with Gasteiger partial charge in [0.05, 0.1) is 5.52 Å². The quantitative estimate of drug-likeness (QED) is 0.796. The van der Waals surface area contributed by atoms with E-state index in [1.807, 2.05) is 38.1 Å². The van der Waals surface area contributed by atoms with Gasteiger partial charge >= 0.3 is 6.09 Å². The number of carbonyl (C=O) groups is 3. The first-order chi connectivity index (χ1) is 13.7. The molecule has 9 heteroatoms. The van der Waals surface area contributed by atoms with Crippen LogP contribution in [-0.2, 0) is 4.79 Å². The zero-order valence-electron chi connectivity index (χ0n) is 17.1. The second kappa shape index (κ2) is 8.10. The lowest BCUT2D eigenvalue weighted by Crippen LogP contribution is -2.40. The van der Waals surface area contributed by atoms with Gasteiger partial charge in [-0.05, 0) is 26.3 Å². The van der Waals surface area contributed by atoms with Gasteiger partial charge in [-0.2, -0.15) is 5.10 Å². The molecule has 9 nitrogen and oxygen atoms in total. The van der Waals surface area contributed by atoms with Crippen molar-refractivity contribution >= 4 is 28.8 Å². The maximum atomic E-state index is 12.9. The summed E-state index contributed by atoms with van der Waals surface area (Å²) in [6, 6.07) is 6.79. The number of nitrogens with one attached hydrogen (secondary N) is 1. The average Bonchev–Trinajstić information content (AvgIpc) is 3.23. The van der Waals surface area contributed by atoms with Gasteiger partial charge in [-0.3, -0.25) is 14.3 Å². The van der Waals surface area contributed by atoms with Gasteiger partial charge in [-0.15, -0.1) is 0 Å². The van der Waals surface area contributed by atoms with Crippen LogP contribution in [0.1, 0.15) is 43.2 Å². The Hall–Kier alpha value is -3.10. The van der Waals surface area contributed by atoms with E-state index in [-0.39, 0.29) is 36.9 Å². The smallest absolute Gasteiger partial charge is 0.407 e. The first-order valence-corrected chi connectivity index (χ1v) is 9.66. The zero-order valence-corrected chi connectivity index (χ0v) is 17.1. The Kier molecular flexibility index (Phi) is 5.76. The van der Waals surface area contributed by atoms with Gasteiger partial charge in [0.25, 0.3) is 5.91 Å². The van der Waals surface area contributed by atoms with Gasteiger partial charge < -0.3 is 20.2 Å². The molecular formula is C20H27N5O4. The van der Waals surface area contributed by atoms with E-state index in [0.29, 0.717) is 12.1 Å². The molecule has 0 radical (unpaired) electrons. The summed E-state index contributed by atoms with van der Waals surface area (Å²) in [4.78, 5) is 39.2. The summed E-state index contributed by atoms with van der Waals surface area (Å²) in [5, 5.41) is 17.6. The van der Waals surface area contributed by atoms with Crippen molar-refractivity contribution in [3.63, 3.8) is 0 Å². The predicted molar refractivity (Wildman–Crippen MR) is 108 cm³/mol. The molecule has 29 heavy (non-hydrogen) atoms. The number of aromatic nitrogens is 2. The van der Waals surface area contributed by atoms with Crippen molar-refractivity contribution in [2.75, 3.05) is 20.6 Å². The fourth-order valence-corrected chi connectivity index (χ4v) is 3.74. The molecule has 1 fully saturated rings. The largest absolute Gasteiger partial charge is 0.465 e. The SMILES string of the molecule is CC(C)n1nc(C(=O)N[C@H]2C[C@@H](CC(=O)N(C)C)N(C(=O)O)C2)c2ccccc21. The van der Waals surface area contributed by atoms with Crippen LogP contribution in [0.5, 0.6) is 0 Å². The van der Waals surface area contributed by atoms with E-state index in [9.17, 15) is 19.5 Å². The third-order valence-electron chi connectivity index (χ3n) is 5.22. The minimum absolute atomic E-state index is 0.0938. The van der Waals surface area contributed by atoms with Crippen LogP contribution >= 0.6 is 0 Å². The average molecular weight is 401 g/mol. The molecule has 1 aromatic heterocycles. The molecule has 1 aliphatic rings. The summed E-state index contributed by atoms with van der Waals surface area (Å²) >= 11 is 0. The minimum atomic E-state index is -1.09. The van der Waals surface area contributed by atoms with Gasteiger partial charge in [0, 0.05) is 50.6 Å². The summed E-state index contributed by atoms with van der Waals surface area (Å²) < 4.78 is 1.81. The standard InChI is InChI=1S/C20H27N5O4/c1-12(2)25-16-8-6-5-7-15(16)18(22-25)19(27)21-13-9-14(10-17(26)23(3)4)24(11-13)20(28)29/h5-8,12-14H,9-11H2,1-4H3,(H,21,27)(H,28,29)/t13-,14-/m0/s1. The van der Waals surface area contributed by atoms with Crippen LogP contribution in [-0.4, -0.2) is 75.3 Å². The van der Waals surface area contributed by atoms with E-state index in [1.54, 1.807) is 18.8 Å². The van der Waals surface area contributed by atoms with E-state index in [1.165, 1.54) is 9.80 Å². The lowest BCUT2D eigenvalue weighted by Gasteiger charge is -2.22. The Labute approximate surface area is 169 Å². The van der Waals surface area contributed by atoms with Crippen LogP contribution in [0.25, 0.3) is 10.9 Å². The molecule has 0 spiro atoms. The molecule has 0 bridgehead atoms. The molecule has 1 aliphatic heterocycles. The van der Waals surface area contributed by atoms with Crippen molar-refractivity contribution in [1.82, 2.24) is 24.9 Å². The van der Waals surface area contributed by atoms with Crippen LogP contribution in [0.15, 0.2) is 24.3 Å². The number of carbonyl (C=O) groups excluding carboxylic acids is 2. The summed E-state index contributed by atoms with van der Waals surface area (Å²) in [5.74, 6) is -0.481. The van der Waals surface area contributed by atoms with E-state index >= 15 is 0 Å². The van der Waals surface area contributed by atoms with Gasteiger partial charge in [-0.1, -0.05) is 18.2 Å². The van der Waals surface area contributed by atoms with Gasteiger partial charge in [0.2, 0.25) is 5.91 Å². The third kappa shape index (κ3) is 4.18. The number of amides is 3. The highest BCUT2D eigenvalue weighted by Gasteiger charge is 2.37. The second-order valence-corrected chi connectivity index (χ2v) is 7.89. The molecule has 1 saturated heterocycles. The second-order valence-electron chi connectivity index (χ2n) is 7.89. The highest BCUT2D eigenvalue weighted by Crippen LogP contribution is 2.24. The van der Waals surface area contributed by atoms with Crippen LogP contribution in [0.2, 0.25) is 0 Å². The van der Waals surface area contributed by atoms with Crippen molar-refractivity contribution in [1.29, 1.82) is 0 Å². The van der Waals surface area contributed by atoms with Crippen LogP contribution in [0, 0.1) is 0 Å². The number of para-hydroxylation sites is 1. The monoisotopic (exact) mass is 401 g/mol. The third-order valence-corrected chi connectivity index (χ3v) is 5.22. The first-order valence-electron chi connectivity index (χ1n) is 9.66. The Balaban J connectivity index is 1.78. The number of rotatable bonds is 5. The number of carboxylic acid groups (broad SMARTS) is 1. The van der Waals surface area contributed by atoms with Crippen molar-refractivity contribution in [3.8, 4) is 0 Å². The molecule has 1 aromatic carbocycles. The maximum Gasteiger partial charge on any atom is 0.407 e. The van der Waals surface area contributed by atoms with Crippen molar-refractivity contribution < 1.29 is 19.5 Å². The van der Waals surface area contributed by atoms with E-state index in [2.05, 4.69) is 10.4 Å². The van der Waals surface area contributed by atoms with E-state index in [4.69, 9.17) is 0 Å². The topological polar surface area (TPSA) is 108 Å². The number of fused-ring (bicyclic) bond motifs is 1. The normalized spacial score (nSPS) is 19.0. The highest BCUT2D eigenvalue weighted by molar-refractivity contribution is 6.05. The summed E-state index contributed by atoms with van der Waals surface area (Å²) in [7, 11) is 3.27. The molecule has 2 N–H and O–H groups in total. The van der Waals surface area contributed by atoms with Crippen molar-refractivity contribution in [3.05, 3.63) is 30.0 Å². The van der Waals surface area contributed by atoms with Crippen LogP contribution in [0.4, 0.5) is 4.79 Å². The molecule has 2 aromatic rings. The molecular weight excluding hydrogens is 374 g/mol. The number of nitrogens with zero attached hydrogens (tertiary/aromatic N) is 4. The first kappa shape index (κ1) is 20.6. The summed E-state index contributed by atoms with van der Waals surface area (Å²) in [5.41, 5.74) is 1.20. The van der Waals surface area contributed by atoms with E-state index in [0.717, 1.165) is 10.9 Å². The zero-order chi connectivity index (χ0) is 21.3. The minimum Gasteiger partial charge on any atom is -0.465 e. The maximum absolute atomic E-state index is 12.9. The summed E-state index contributed by atoms with van der Waals surface area (Å²) in [6.45, 7) is 4.14. The molecule has 0 saturated carbocycles. The highest BCUT2D eigenvalue weighted by atomic mass is 16.4. The Morgan fingerprint density at radius 1 is 1.28 bits per heavy atom. The van der Waals surface area contributed by atoms with Crippen molar-refractivity contribution in [2.45, 2.75) is 44.8 Å². The Morgan fingerprint density at radius 3 is 2.59 bits per heavy atom. The molecule has 2 atom stereocenters. The number of benzene rings is 1. The van der Waals surface area contributed by atoms with E-state index < -0.39 is 12.1 Å². The Bertz CT molecular complexity index is 936. The van der Waals surface area contributed by atoms with Crippen LogP contribution in [0.3, 0.4) is 0 Å². The fourth-order valence-electron chi connectivity index (χ4n) is 3.74. The predicted octanol–water partition coefficient (Wildman–Crippen LogP) is 1.95.